The number of rotatable bonds is 2. The smallest absolute Gasteiger partial charge is 0.274 e. The van der Waals surface area contributed by atoms with Crippen LogP contribution in [0.5, 0.6) is 0 Å². The standard InChI is InChI=1S/C15H12ClN3O/c1-10-14(11-3-2-8-17-9-11)18-19(15(10)20)13-6-4-12(16)5-7-13/h2-9,18H,1H3. The number of nitrogens with one attached hydrogen (secondary N) is 1. The zero-order valence-corrected chi connectivity index (χ0v) is 11.6. The van der Waals surface area contributed by atoms with Gasteiger partial charge in [-0.2, -0.15) is 0 Å². The fourth-order valence-electron chi connectivity index (χ4n) is 2.08. The Kier molecular flexibility index (Phi) is 3.16. The Morgan fingerprint density at radius 1 is 1.20 bits per heavy atom. The van der Waals surface area contributed by atoms with Crippen LogP contribution in [0.4, 0.5) is 0 Å². The largest absolute Gasteiger partial charge is 0.290 e. The molecule has 3 rings (SSSR count). The molecule has 0 saturated carbocycles. The highest BCUT2D eigenvalue weighted by atomic mass is 35.5. The normalized spacial score (nSPS) is 10.7. The second-order valence-electron chi connectivity index (χ2n) is 4.47. The predicted molar refractivity (Wildman–Crippen MR) is 79.4 cm³/mol. The summed E-state index contributed by atoms with van der Waals surface area (Å²) in [6.45, 7) is 1.80. The van der Waals surface area contributed by atoms with Crippen molar-refractivity contribution in [1.82, 2.24) is 14.8 Å². The SMILES string of the molecule is Cc1c(-c2cccnc2)[nH]n(-c2ccc(Cl)cc2)c1=O. The van der Waals surface area contributed by atoms with Crippen molar-refractivity contribution in [3.05, 3.63) is 69.7 Å². The molecule has 0 saturated heterocycles. The van der Waals surface area contributed by atoms with Crippen LogP contribution in [0.2, 0.25) is 5.02 Å². The van der Waals surface area contributed by atoms with Crippen LogP contribution in [0.15, 0.2) is 53.6 Å². The maximum Gasteiger partial charge on any atom is 0.274 e. The molecule has 0 radical (unpaired) electrons. The second-order valence-corrected chi connectivity index (χ2v) is 4.91. The lowest BCUT2D eigenvalue weighted by molar-refractivity contribution is 0.851. The highest BCUT2D eigenvalue weighted by Gasteiger charge is 2.12. The number of nitrogens with zero attached hydrogens (tertiary/aromatic N) is 2. The summed E-state index contributed by atoms with van der Waals surface area (Å²) in [5, 5.41) is 3.76. The molecule has 4 nitrogen and oxygen atoms in total. The summed E-state index contributed by atoms with van der Waals surface area (Å²) >= 11 is 5.87. The van der Waals surface area contributed by atoms with Gasteiger partial charge in [0, 0.05) is 28.5 Å². The first-order chi connectivity index (χ1) is 9.66. The molecule has 1 aromatic carbocycles. The van der Waals surface area contributed by atoms with Crippen molar-refractivity contribution in [3.63, 3.8) is 0 Å². The van der Waals surface area contributed by atoms with Gasteiger partial charge in [0.25, 0.3) is 5.56 Å². The van der Waals surface area contributed by atoms with Crippen molar-refractivity contribution in [3.8, 4) is 16.9 Å². The summed E-state index contributed by atoms with van der Waals surface area (Å²) in [5.41, 5.74) is 2.99. The predicted octanol–water partition coefficient (Wildman–Crippen LogP) is 3.19. The molecule has 0 atom stereocenters. The number of aromatic nitrogens is 3. The van der Waals surface area contributed by atoms with Crippen LogP contribution < -0.4 is 5.56 Å². The van der Waals surface area contributed by atoms with E-state index in [1.54, 1.807) is 43.6 Å². The quantitative estimate of drug-likeness (QED) is 0.786. The van der Waals surface area contributed by atoms with Crippen molar-refractivity contribution < 1.29 is 0 Å². The molecule has 0 amide bonds. The first-order valence-corrected chi connectivity index (χ1v) is 6.52. The van der Waals surface area contributed by atoms with E-state index >= 15 is 0 Å². The summed E-state index contributed by atoms with van der Waals surface area (Å²) in [6, 6.07) is 10.9. The third kappa shape index (κ3) is 2.14. The molecule has 2 heterocycles. The van der Waals surface area contributed by atoms with Crippen molar-refractivity contribution in [1.29, 1.82) is 0 Å². The summed E-state index contributed by atoms with van der Waals surface area (Å²) in [7, 11) is 0. The highest BCUT2D eigenvalue weighted by molar-refractivity contribution is 6.30. The van der Waals surface area contributed by atoms with Gasteiger partial charge in [-0.25, -0.2) is 4.68 Å². The molecule has 5 heteroatoms. The number of hydrogen-bond acceptors (Lipinski definition) is 2. The molecule has 0 spiro atoms. The minimum atomic E-state index is -0.0776. The van der Waals surface area contributed by atoms with Gasteiger partial charge in [-0.1, -0.05) is 11.6 Å². The average Bonchev–Trinajstić information content (AvgIpc) is 2.77. The van der Waals surface area contributed by atoms with E-state index in [9.17, 15) is 4.79 Å². The number of benzene rings is 1. The van der Waals surface area contributed by atoms with Gasteiger partial charge in [0.2, 0.25) is 0 Å². The third-order valence-corrected chi connectivity index (χ3v) is 3.41. The lowest BCUT2D eigenvalue weighted by Gasteiger charge is -2.02. The molecule has 1 N–H and O–H groups in total. The Morgan fingerprint density at radius 3 is 2.60 bits per heavy atom. The molecule has 20 heavy (non-hydrogen) atoms. The van der Waals surface area contributed by atoms with Crippen LogP contribution in [0.3, 0.4) is 0 Å². The number of aromatic amines is 1. The number of H-pyrrole nitrogens is 1. The minimum absolute atomic E-state index is 0.0776. The molecule has 0 aliphatic heterocycles. The Bertz CT molecular complexity index is 788. The highest BCUT2D eigenvalue weighted by Crippen LogP contribution is 2.19. The fraction of sp³-hybridized carbons (Fsp3) is 0.0667. The maximum absolute atomic E-state index is 12.3. The first-order valence-electron chi connectivity index (χ1n) is 6.15. The van der Waals surface area contributed by atoms with Gasteiger partial charge in [-0.15, -0.1) is 0 Å². The van der Waals surface area contributed by atoms with E-state index in [0.717, 1.165) is 16.9 Å². The Balaban J connectivity index is 2.16. The monoisotopic (exact) mass is 285 g/mol. The van der Waals surface area contributed by atoms with E-state index in [0.29, 0.717) is 10.6 Å². The van der Waals surface area contributed by atoms with Gasteiger partial charge in [0.1, 0.15) is 0 Å². The molecule has 100 valence electrons. The van der Waals surface area contributed by atoms with Crippen molar-refractivity contribution in [2.24, 2.45) is 0 Å². The zero-order chi connectivity index (χ0) is 14.1. The average molecular weight is 286 g/mol. The van der Waals surface area contributed by atoms with Crippen LogP contribution in [0, 0.1) is 6.92 Å². The first kappa shape index (κ1) is 12.7. The van der Waals surface area contributed by atoms with Crippen molar-refractivity contribution in [2.75, 3.05) is 0 Å². The summed E-state index contributed by atoms with van der Waals surface area (Å²) < 4.78 is 1.51. The lowest BCUT2D eigenvalue weighted by atomic mass is 10.1. The Labute approximate surface area is 120 Å². The van der Waals surface area contributed by atoms with Crippen molar-refractivity contribution in [2.45, 2.75) is 6.92 Å². The molecular weight excluding hydrogens is 274 g/mol. The molecule has 3 aromatic rings. The van der Waals surface area contributed by atoms with E-state index in [4.69, 9.17) is 11.6 Å². The molecule has 2 aromatic heterocycles. The van der Waals surface area contributed by atoms with Crippen LogP contribution in [0.1, 0.15) is 5.56 Å². The maximum atomic E-state index is 12.3. The van der Waals surface area contributed by atoms with E-state index in [2.05, 4.69) is 10.1 Å². The zero-order valence-electron chi connectivity index (χ0n) is 10.8. The minimum Gasteiger partial charge on any atom is -0.290 e. The Hall–Kier alpha value is -2.33. The summed E-state index contributed by atoms with van der Waals surface area (Å²) in [6.07, 6.45) is 3.43. The fourth-order valence-corrected chi connectivity index (χ4v) is 2.21. The molecule has 0 aliphatic rings. The number of pyridine rings is 1. The lowest BCUT2D eigenvalue weighted by Crippen LogP contribution is -2.15. The van der Waals surface area contributed by atoms with E-state index in [1.165, 1.54) is 4.68 Å². The van der Waals surface area contributed by atoms with Crippen molar-refractivity contribution >= 4 is 11.6 Å². The van der Waals surface area contributed by atoms with E-state index in [-0.39, 0.29) is 5.56 Å². The van der Waals surface area contributed by atoms with Gasteiger partial charge < -0.3 is 0 Å². The van der Waals surface area contributed by atoms with Crippen LogP contribution in [-0.2, 0) is 0 Å². The Morgan fingerprint density at radius 2 is 1.95 bits per heavy atom. The third-order valence-electron chi connectivity index (χ3n) is 3.16. The number of hydrogen-bond donors (Lipinski definition) is 1. The molecule has 0 fully saturated rings. The molecule has 0 unspecified atom stereocenters. The van der Waals surface area contributed by atoms with Gasteiger partial charge in [0.05, 0.1) is 11.4 Å². The van der Waals surface area contributed by atoms with E-state index < -0.39 is 0 Å². The number of halogens is 1. The summed E-state index contributed by atoms with van der Waals surface area (Å²) in [4.78, 5) is 16.4. The molecule has 0 bridgehead atoms. The summed E-state index contributed by atoms with van der Waals surface area (Å²) in [5.74, 6) is 0. The molecular formula is C15H12ClN3O. The van der Waals surface area contributed by atoms with Crippen LogP contribution in [0.25, 0.3) is 16.9 Å². The van der Waals surface area contributed by atoms with Gasteiger partial charge in [-0.05, 0) is 43.3 Å². The van der Waals surface area contributed by atoms with E-state index in [1.807, 2.05) is 12.1 Å². The van der Waals surface area contributed by atoms with Gasteiger partial charge in [0.15, 0.2) is 0 Å². The van der Waals surface area contributed by atoms with Crippen LogP contribution in [-0.4, -0.2) is 14.8 Å². The van der Waals surface area contributed by atoms with Crippen LogP contribution >= 0.6 is 11.6 Å². The second kappa shape index (κ2) is 4.98. The van der Waals surface area contributed by atoms with Gasteiger partial charge >= 0.3 is 0 Å². The van der Waals surface area contributed by atoms with Gasteiger partial charge in [-0.3, -0.25) is 14.9 Å². The molecule has 0 aliphatic carbocycles. The topological polar surface area (TPSA) is 50.7 Å².